The molecule has 4 aromatic rings. The lowest BCUT2D eigenvalue weighted by Gasteiger charge is -2.12. The van der Waals surface area contributed by atoms with Gasteiger partial charge in [0.05, 0.1) is 17.2 Å². The van der Waals surface area contributed by atoms with Crippen molar-refractivity contribution < 1.29 is 42.4 Å². The largest absolute Gasteiger partial charge is 0.491 e. The highest BCUT2D eigenvalue weighted by Crippen LogP contribution is 2.35. The van der Waals surface area contributed by atoms with Crippen LogP contribution in [0.1, 0.15) is 40.3 Å². The van der Waals surface area contributed by atoms with Gasteiger partial charge in [-0.25, -0.2) is 14.6 Å². The number of pyridine rings is 1. The fourth-order valence-corrected chi connectivity index (χ4v) is 3.70. The molecule has 0 aliphatic rings. The van der Waals surface area contributed by atoms with E-state index in [2.05, 4.69) is 4.98 Å². The summed E-state index contributed by atoms with van der Waals surface area (Å²) in [4.78, 5) is 27.9. The Morgan fingerprint density at radius 2 is 1.61 bits per heavy atom. The van der Waals surface area contributed by atoms with E-state index in [0.29, 0.717) is 17.6 Å². The third-order valence-corrected chi connectivity index (χ3v) is 5.11. The third-order valence-electron chi connectivity index (χ3n) is 5.11. The number of hydrogen-bond acceptors (Lipinski definition) is 5. The van der Waals surface area contributed by atoms with Crippen molar-refractivity contribution in [3.05, 3.63) is 77.6 Å². The molecule has 0 amide bonds. The van der Waals surface area contributed by atoms with E-state index in [-0.39, 0.29) is 28.6 Å². The first-order valence-electron chi connectivity index (χ1n) is 10.6. The van der Waals surface area contributed by atoms with Crippen LogP contribution in [0, 0.1) is 0 Å². The zero-order valence-electron chi connectivity index (χ0n) is 18.9. The molecular formula is C25H19F3N2O6. The predicted molar refractivity (Wildman–Crippen MR) is 122 cm³/mol. The Morgan fingerprint density at radius 1 is 0.944 bits per heavy atom. The highest BCUT2D eigenvalue weighted by atomic mass is 19.4. The van der Waals surface area contributed by atoms with Crippen LogP contribution in [-0.4, -0.2) is 37.8 Å². The van der Waals surface area contributed by atoms with Crippen molar-refractivity contribution in [2.75, 3.05) is 0 Å². The highest BCUT2D eigenvalue weighted by molar-refractivity contribution is 6.13. The number of nitrogens with zero attached hydrogens (tertiary/aromatic N) is 2. The molecule has 2 heterocycles. The van der Waals surface area contributed by atoms with Gasteiger partial charge in [-0.2, -0.15) is 13.2 Å². The number of benzene rings is 2. The normalized spacial score (nSPS) is 11.6. The molecule has 0 aliphatic heterocycles. The van der Waals surface area contributed by atoms with E-state index in [1.54, 1.807) is 24.3 Å². The number of rotatable bonds is 7. The van der Waals surface area contributed by atoms with Gasteiger partial charge in [-0.1, -0.05) is 0 Å². The maximum absolute atomic E-state index is 12.8. The van der Waals surface area contributed by atoms with Crippen molar-refractivity contribution in [2.24, 2.45) is 0 Å². The molecule has 0 unspecified atom stereocenters. The van der Waals surface area contributed by atoms with Crippen molar-refractivity contribution in [2.45, 2.75) is 26.1 Å². The SMILES string of the molecule is CC(C)Oc1ccc(-n2c(C(=O)O)c(C(=O)O)c3cc(Oc4ccc(C(F)(F)F)cn4)ccc32)cc1. The van der Waals surface area contributed by atoms with Crippen molar-refractivity contribution >= 4 is 22.8 Å². The standard InChI is InChI=1S/C25H19F3N2O6/c1-13(2)35-16-6-4-15(5-7-16)30-19-9-8-17(11-18(19)21(23(31)32)22(30)24(33)34)36-20-10-3-14(12-29-20)25(26,27)28/h3-13H,1-2H3,(H,31,32)(H,33,34). The maximum Gasteiger partial charge on any atom is 0.417 e. The molecule has 2 N–H and O–H groups in total. The summed E-state index contributed by atoms with van der Waals surface area (Å²) in [5.74, 6) is -2.47. The van der Waals surface area contributed by atoms with Crippen LogP contribution < -0.4 is 9.47 Å². The Kier molecular flexibility index (Phi) is 6.32. The van der Waals surface area contributed by atoms with Crippen LogP contribution in [0.2, 0.25) is 0 Å². The molecule has 36 heavy (non-hydrogen) atoms. The van der Waals surface area contributed by atoms with Crippen LogP contribution in [-0.2, 0) is 6.18 Å². The quantitative estimate of drug-likeness (QED) is 0.319. The summed E-state index contributed by atoms with van der Waals surface area (Å²) in [6.07, 6.45) is -4.02. The lowest BCUT2D eigenvalue weighted by Crippen LogP contribution is -2.12. The van der Waals surface area contributed by atoms with Gasteiger partial charge in [0, 0.05) is 23.3 Å². The van der Waals surface area contributed by atoms with Crippen LogP contribution in [0.5, 0.6) is 17.4 Å². The first-order valence-corrected chi connectivity index (χ1v) is 10.6. The molecule has 0 saturated heterocycles. The molecule has 8 nitrogen and oxygen atoms in total. The minimum atomic E-state index is -4.56. The number of alkyl halides is 3. The van der Waals surface area contributed by atoms with E-state index in [4.69, 9.17) is 9.47 Å². The van der Waals surface area contributed by atoms with Gasteiger partial charge in [0.25, 0.3) is 0 Å². The number of ether oxygens (including phenoxy) is 2. The molecule has 4 rings (SSSR count). The third kappa shape index (κ3) is 4.81. The number of carbonyl (C=O) groups is 2. The van der Waals surface area contributed by atoms with Crippen molar-refractivity contribution in [3.63, 3.8) is 0 Å². The summed E-state index contributed by atoms with van der Waals surface area (Å²) in [6, 6.07) is 12.5. The van der Waals surface area contributed by atoms with E-state index in [9.17, 15) is 33.0 Å². The Bertz CT molecular complexity index is 1440. The topological polar surface area (TPSA) is 111 Å². The highest BCUT2D eigenvalue weighted by Gasteiger charge is 2.31. The van der Waals surface area contributed by atoms with E-state index in [1.165, 1.54) is 22.8 Å². The molecule has 0 radical (unpaired) electrons. The first-order chi connectivity index (χ1) is 17.0. The fraction of sp³-hybridized carbons (Fsp3) is 0.160. The van der Waals surface area contributed by atoms with Gasteiger partial charge >= 0.3 is 18.1 Å². The maximum atomic E-state index is 12.8. The second-order valence-electron chi connectivity index (χ2n) is 7.99. The van der Waals surface area contributed by atoms with Gasteiger partial charge in [0.2, 0.25) is 5.88 Å². The molecule has 2 aromatic carbocycles. The number of carboxylic acid groups (broad SMARTS) is 2. The Labute approximate surface area is 202 Å². The first kappa shape index (κ1) is 24.6. The van der Waals surface area contributed by atoms with E-state index < -0.39 is 34.9 Å². The molecule has 0 fully saturated rings. The van der Waals surface area contributed by atoms with Crippen LogP contribution in [0.3, 0.4) is 0 Å². The van der Waals surface area contributed by atoms with Gasteiger partial charge < -0.3 is 24.3 Å². The zero-order chi connectivity index (χ0) is 26.2. The Morgan fingerprint density at radius 3 is 2.14 bits per heavy atom. The van der Waals surface area contributed by atoms with Gasteiger partial charge in [-0.05, 0) is 62.4 Å². The minimum absolute atomic E-state index is 0.0619. The number of aromatic nitrogens is 2. The van der Waals surface area contributed by atoms with Crippen LogP contribution in [0.4, 0.5) is 13.2 Å². The zero-order valence-corrected chi connectivity index (χ0v) is 18.9. The Hall–Kier alpha value is -4.54. The predicted octanol–water partition coefficient (Wildman–Crippen LogP) is 6.02. The molecule has 11 heteroatoms. The second kappa shape index (κ2) is 9.25. The summed E-state index contributed by atoms with van der Waals surface area (Å²) in [6.45, 7) is 3.71. The molecule has 2 aromatic heterocycles. The van der Waals surface area contributed by atoms with Crippen molar-refractivity contribution in [3.8, 4) is 23.1 Å². The molecule has 0 atom stereocenters. The van der Waals surface area contributed by atoms with Gasteiger partial charge in [-0.15, -0.1) is 0 Å². The number of fused-ring (bicyclic) bond motifs is 1. The monoisotopic (exact) mass is 500 g/mol. The van der Waals surface area contributed by atoms with Crippen molar-refractivity contribution in [1.82, 2.24) is 9.55 Å². The smallest absolute Gasteiger partial charge is 0.417 e. The van der Waals surface area contributed by atoms with Crippen LogP contribution in [0.15, 0.2) is 60.8 Å². The van der Waals surface area contributed by atoms with Crippen molar-refractivity contribution in [1.29, 1.82) is 0 Å². The van der Waals surface area contributed by atoms with E-state index >= 15 is 0 Å². The average Bonchev–Trinajstić information content (AvgIpc) is 3.14. The molecule has 186 valence electrons. The minimum Gasteiger partial charge on any atom is -0.491 e. The van der Waals surface area contributed by atoms with E-state index in [1.807, 2.05) is 13.8 Å². The summed E-state index contributed by atoms with van der Waals surface area (Å²) >= 11 is 0. The van der Waals surface area contributed by atoms with Gasteiger partial charge in [-0.3, -0.25) is 0 Å². The number of carboxylic acids is 2. The van der Waals surface area contributed by atoms with E-state index in [0.717, 1.165) is 12.1 Å². The Balaban J connectivity index is 1.81. The lowest BCUT2D eigenvalue weighted by atomic mass is 10.1. The number of hydrogen-bond donors (Lipinski definition) is 2. The van der Waals surface area contributed by atoms with Crippen LogP contribution >= 0.6 is 0 Å². The number of aromatic carboxylic acids is 2. The average molecular weight is 500 g/mol. The van der Waals surface area contributed by atoms with Gasteiger partial charge in [0.1, 0.15) is 22.8 Å². The summed E-state index contributed by atoms with van der Waals surface area (Å²) < 4.78 is 50.7. The second-order valence-corrected chi connectivity index (χ2v) is 7.99. The molecule has 0 aliphatic carbocycles. The molecule has 0 spiro atoms. The van der Waals surface area contributed by atoms with Gasteiger partial charge in [0.15, 0.2) is 0 Å². The fourth-order valence-electron chi connectivity index (χ4n) is 3.70. The molecule has 0 bridgehead atoms. The molecule has 0 saturated carbocycles. The summed E-state index contributed by atoms with van der Waals surface area (Å²) in [5, 5.41) is 19.8. The summed E-state index contributed by atoms with van der Waals surface area (Å²) in [7, 11) is 0. The lowest BCUT2D eigenvalue weighted by molar-refractivity contribution is -0.137. The molecular weight excluding hydrogens is 481 g/mol. The van der Waals surface area contributed by atoms with Crippen LogP contribution in [0.25, 0.3) is 16.6 Å². The number of halogens is 3. The summed E-state index contributed by atoms with van der Waals surface area (Å²) in [5.41, 5.74) is -1.23.